The lowest BCUT2D eigenvalue weighted by atomic mass is 9.98. The molecule has 3 rings (SSSR count). The van der Waals surface area contributed by atoms with E-state index in [1.54, 1.807) is 0 Å². The summed E-state index contributed by atoms with van der Waals surface area (Å²) < 4.78 is 39.2. The topological polar surface area (TPSA) is 101 Å². The van der Waals surface area contributed by atoms with Gasteiger partial charge in [0.2, 0.25) is 5.91 Å². The molecule has 1 fully saturated rings. The Morgan fingerprint density at radius 3 is 2.77 bits per heavy atom. The first-order valence-electron chi connectivity index (χ1n) is 7.68. The molecule has 2 aromatic rings. The Morgan fingerprint density at radius 2 is 2.15 bits per heavy atom. The number of rotatable bonds is 4. The SMILES string of the molecule is O=C(O)c1cn(CC(=O)N2CCCC(c3nc(C(F)(F)F)cs3)C2)nn1. The highest BCUT2D eigenvalue weighted by atomic mass is 32.1. The van der Waals surface area contributed by atoms with Gasteiger partial charge in [-0.15, -0.1) is 16.4 Å². The van der Waals surface area contributed by atoms with Crippen LogP contribution in [-0.2, 0) is 17.5 Å². The van der Waals surface area contributed by atoms with Crippen molar-refractivity contribution >= 4 is 23.2 Å². The zero-order valence-electron chi connectivity index (χ0n) is 13.3. The molecule has 0 aliphatic carbocycles. The van der Waals surface area contributed by atoms with Crippen molar-refractivity contribution in [3.8, 4) is 0 Å². The number of hydrogen-bond donors (Lipinski definition) is 1. The summed E-state index contributed by atoms with van der Waals surface area (Å²) in [6, 6.07) is 0. The number of carboxylic acids is 1. The van der Waals surface area contributed by atoms with E-state index in [1.807, 2.05) is 0 Å². The summed E-state index contributed by atoms with van der Waals surface area (Å²) in [4.78, 5) is 28.4. The van der Waals surface area contributed by atoms with Crippen LogP contribution >= 0.6 is 11.3 Å². The number of aromatic carboxylic acids is 1. The molecule has 0 bridgehead atoms. The number of carbonyl (C=O) groups excluding carboxylic acids is 1. The van der Waals surface area contributed by atoms with Gasteiger partial charge in [-0.2, -0.15) is 13.2 Å². The van der Waals surface area contributed by atoms with E-state index in [4.69, 9.17) is 5.11 Å². The lowest BCUT2D eigenvalue weighted by Crippen LogP contribution is -2.41. The number of carbonyl (C=O) groups is 2. The molecule has 0 spiro atoms. The lowest BCUT2D eigenvalue weighted by molar-refractivity contribution is -0.141. The number of likely N-dealkylation sites (tertiary alicyclic amines) is 1. The van der Waals surface area contributed by atoms with E-state index in [0.717, 1.165) is 27.6 Å². The summed E-state index contributed by atoms with van der Waals surface area (Å²) in [6.45, 7) is 0.566. The average molecular weight is 389 g/mol. The van der Waals surface area contributed by atoms with Gasteiger partial charge in [0, 0.05) is 24.4 Å². The van der Waals surface area contributed by atoms with Gasteiger partial charge in [0.25, 0.3) is 0 Å². The van der Waals surface area contributed by atoms with Crippen molar-refractivity contribution in [3.05, 3.63) is 28.0 Å². The molecule has 2 aromatic heterocycles. The van der Waals surface area contributed by atoms with Crippen LogP contribution in [0, 0.1) is 0 Å². The number of alkyl halides is 3. The number of amides is 1. The van der Waals surface area contributed by atoms with E-state index >= 15 is 0 Å². The number of aromatic nitrogens is 4. The molecule has 1 unspecified atom stereocenters. The average Bonchev–Trinajstić information content (AvgIpc) is 3.24. The molecule has 0 saturated carbocycles. The molecular weight excluding hydrogens is 375 g/mol. The molecule has 8 nitrogen and oxygen atoms in total. The maximum Gasteiger partial charge on any atom is 0.434 e. The predicted molar refractivity (Wildman–Crippen MR) is 82.7 cm³/mol. The molecule has 1 N–H and O–H groups in total. The number of hydrogen-bond acceptors (Lipinski definition) is 6. The van der Waals surface area contributed by atoms with Gasteiger partial charge >= 0.3 is 12.1 Å². The van der Waals surface area contributed by atoms with Crippen molar-refractivity contribution in [2.45, 2.75) is 31.5 Å². The number of thiazole rings is 1. The van der Waals surface area contributed by atoms with E-state index in [2.05, 4.69) is 15.3 Å². The summed E-state index contributed by atoms with van der Waals surface area (Å²) in [6.07, 6.45) is -2.03. The standard InChI is InChI=1S/C14H14F3N5O3S/c15-14(16,17)10-7-26-12(18-10)8-2-1-3-21(4-8)11(23)6-22-5-9(13(24)25)19-20-22/h5,7-8H,1-4,6H2,(H,24,25). The fourth-order valence-corrected chi connectivity index (χ4v) is 3.68. The number of halogens is 3. The molecule has 0 radical (unpaired) electrons. The van der Waals surface area contributed by atoms with Crippen LogP contribution in [0.4, 0.5) is 13.2 Å². The molecule has 1 atom stereocenters. The largest absolute Gasteiger partial charge is 0.476 e. The molecule has 1 saturated heterocycles. The van der Waals surface area contributed by atoms with Gasteiger partial charge < -0.3 is 10.0 Å². The van der Waals surface area contributed by atoms with Crippen LogP contribution in [0.15, 0.2) is 11.6 Å². The Morgan fingerprint density at radius 1 is 1.38 bits per heavy atom. The third kappa shape index (κ3) is 4.00. The molecule has 1 amide bonds. The van der Waals surface area contributed by atoms with Crippen molar-refractivity contribution in [3.63, 3.8) is 0 Å². The molecule has 12 heteroatoms. The highest BCUT2D eigenvalue weighted by molar-refractivity contribution is 7.09. The van der Waals surface area contributed by atoms with Gasteiger partial charge in [-0.3, -0.25) is 4.79 Å². The summed E-state index contributed by atoms with van der Waals surface area (Å²) in [5, 5.41) is 17.2. The highest BCUT2D eigenvalue weighted by Gasteiger charge is 2.35. The maximum atomic E-state index is 12.7. The van der Waals surface area contributed by atoms with Gasteiger partial charge in [0.1, 0.15) is 6.54 Å². The van der Waals surface area contributed by atoms with Gasteiger partial charge in [0.05, 0.1) is 11.2 Å². The molecule has 140 valence electrons. The molecule has 3 heterocycles. The first-order chi connectivity index (χ1) is 12.2. The summed E-state index contributed by atoms with van der Waals surface area (Å²) in [5.41, 5.74) is -1.18. The molecule has 1 aliphatic heterocycles. The summed E-state index contributed by atoms with van der Waals surface area (Å²) in [7, 11) is 0. The fraction of sp³-hybridized carbons (Fsp3) is 0.500. The van der Waals surface area contributed by atoms with Crippen LogP contribution in [0.3, 0.4) is 0 Å². The van der Waals surface area contributed by atoms with Crippen molar-refractivity contribution in [2.75, 3.05) is 13.1 Å². The Hall–Kier alpha value is -2.50. The Kier molecular flexibility index (Phi) is 4.94. The second-order valence-corrected chi connectivity index (χ2v) is 6.74. The zero-order chi connectivity index (χ0) is 18.9. The third-order valence-electron chi connectivity index (χ3n) is 3.99. The molecular formula is C14H14F3N5O3S. The minimum Gasteiger partial charge on any atom is -0.476 e. The highest BCUT2D eigenvalue weighted by Crippen LogP contribution is 2.35. The molecule has 0 aromatic carbocycles. The first-order valence-corrected chi connectivity index (χ1v) is 8.56. The van der Waals surface area contributed by atoms with Gasteiger partial charge in [-0.05, 0) is 12.8 Å². The van der Waals surface area contributed by atoms with E-state index in [9.17, 15) is 22.8 Å². The van der Waals surface area contributed by atoms with Gasteiger partial charge in [-0.25, -0.2) is 14.5 Å². The smallest absolute Gasteiger partial charge is 0.434 e. The van der Waals surface area contributed by atoms with E-state index in [0.29, 0.717) is 24.4 Å². The van der Waals surface area contributed by atoms with Crippen LogP contribution in [0.5, 0.6) is 0 Å². The number of nitrogens with zero attached hydrogens (tertiary/aromatic N) is 5. The summed E-state index contributed by atoms with van der Waals surface area (Å²) >= 11 is 0.945. The second-order valence-electron chi connectivity index (χ2n) is 5.85. The maximum absolute atomic E-state index is 12.7. The van der Waals surface area contributed by atoms with E-state index < -0.39 is 17.8 Å². The Bertz CT molecular complexity index is 819. The van der Waals surface area contributed by atoms with Crippen LogP contribution in [-0.4, -0.2) is 55.0 Å². The quantitative estimate of drug-likeness (QED) is 0.857. The molecule has 26 heavy (non-hydrogen) atoms. The van der Waals surface area contributed by atoms with Crippen LogP contribution in [0.2, 0.25) is 0 Å². The normalized spacial score (nSPS) is 18.1. The monoisotopic (exact) mass is 389 g/mol. The Labute approximate surface area is 149 Å². The fourth-order valence-electron chi connectivity index (χ4n) is 2.72. The molecule has 1 aliphatic rings. The van der Waals surface area contributed by atoms with Crippen LogP contribution < -0.4 is 0 Å². The predicted octanol–water partition coefficient (Wildman–Crippen LogP) is 1.86. The summed E-state index contributed by atoms with van der Waals surface area (Å²) in [5.74, 6) is -1.80. The number of carboxylic acid groups (broad SMARTS) is 1. The Balaban J connectivity index is 1.64. The zero-order valence-corrected chi connectivity index (χ0v) is 14.1. The van der Waals surface area contributed by atoms with Gasteiger partial charge in [-0.1, -0.05) is 5.21 Å². The minimum atomic E-state index is -4.48. The van der Waals surface area contributed by atoms with Gasteiger partial charge in [0.15, 0.2) is 11.4 Å². The second kappa shape index (κ2) is 7.02. The van der Waals surface area contributed by atoms with Crippen molar-refractivity contribution in [2.24, 2.45) is 0 Å². The van der Waals surface area contributed by atoms with Crippen molar-refractivity contribution in [1.82, 2.24) is 24.9 Å². The van der Waals surface area contributed by atoms with Crippen LogP contribution in [0.1, 0.15) is 39.9 Å². The minimum absolute atomic E-state index is 0.182. The number of piperidine rings is 1. The van der Waals surface area contributed by atoms with E-state index in [1.165, 1.54) is 4.90 Å². The third-order valence-corrected chi connectivity index (χ3v) is 5.00. The van der Waals surface area contributed by atoms with Crippen LogP contribution in [0.25, 0.3) is 0 Å². The van der Waals surface area contributed by atoms with Crippen molar-refractivity contribution in [1.29, 1.82) is 0 Å². The van der Waals surface area contributed by atoms with E-state index in [-0.39, 0.29) is 30.6 Å². The first kappa shape index (κ1) is 18.3. The lowest BCUT2D eigenvalue weighted by Gasteiger charge is -2.31. The van der Waals surface area contributed by atoms with Crippen molar-refractivity contribution < 1.29 is 27.9 Å².